The molecule has 0 aliphatic heterocycles. The molecule has 6 N–H and O–H groups in total. The molecule has 0 saturated carbocycles. The first-order chi connectivity index (χ1) is 23.5. The zero-order valence-corrected chi connectivity index (χ0v) is 28.5. The third-order valence-corrected chi connectivity index (χ3v) is 8.05. The first-order valence-corrected chi connectivity index (χ1v) is 16.1. The number of benzene rings is 4. The van der Waals surface area contributed by atoms with Gasteiger partial charge in [0.15, 0.2) is 0 Å². The highest BCUT2D eigenvalue weighted by Crippen LogP contribution is 2.31. The molecular weight excluding hydrogens is 695 g/mol. The standard InChI is InChI=1S/C35H33Cl3N4O7/c1-48-35(47)30(42-33(45)26-11-8-22(16-27(26)36)32(44)40-19-21-4-2-5-24(43)14-21)15-20-6-9-23(10-7-20)41-34(46)31-28(37)17-25(18-29(31)38)49-13-3-12-39/h2,4-11,14,16-18,30,43H,3,12-13,15,19,39H2,1H3,(H,40,44)(H,41,46)(H,42,45)/t30-/m0/s1. The Balaban J connectivity index is 1.37. The Morgan fingerprint density at radius 2 is 1.55 bits per heavy atom. The maximum atomic E-state index is 13.2. The summed E-state index contributed by atoms with van der Waals surface area (Å²) in [5.41, 5.74) is 7.60. The Hall–Kier alpha value is -4.81. The first-order valence-electron chi connectivity index (χ1n) is 15.0. The summed E-state index contributed by atoms with van der Waals surface area (Å²) in [5.74, 6) is -1.81. The maximum absolute atomic E-state index is 13.2. The van der Waals surface area contributed by atoms with E-state index in [1.165, 1.54) is 49.6 Å². The highest BCUT2D eigenvalue weighted by Gasteiger charge is 2.24. The van der Waals surface area contributed by atoms with Crippen molar-refractivity contribution in [1.29, 1.82) is 0 Å². The first kappa shape index (κ1) is 37.0. The minimum atomic E-state index is -1.08. The van der Waals surface area contributed by atoms with E-state index in [-0.39, 0.29) is 50.5 Å². The molecule has 0 aliphatic carbocycles. The fourth-order valence-corrected chi connectivity index (χ4v) is 5.54. The molecule has 11 nitrogen and oxygen atoms in total. The number of hydrogen-bond donors (Lipinski definition) is 5. The van der Waals surface area contributed by atoms with Crippen LogP contribution in [0.4, 0.5) is 5.69 Å². The summed E-state index contributed by atoms with van der Waals surface area (Å²) in [7, 11) is 1.20. The number of nitrogens with one attached hydrogen (secondary N) is 3. The van der Waals surface area contributed by atoms with Crippen molar-refractivity contribution in [3.05, 3.63) is 122 Å². The van der Waals surface area contributed by atoms with Gasteiger partial charge >= 0.3 is 5.97 Å². The van der Waals surface area contributed by atoms with Crippen molar-refractivity contribution in [3.8, 4) is 11.5 Å². The monoisotopic (exact) mass is 726 g/mol. The normalized spacial score (nSPS) is 11.3. The topological polar surface area (TPSA) is 169 Å². The van der Waals surface area contributed by atoms with E-state index in [2.05, 4.69) is 16.0 Å². The van der Waals surface area contributed by atoms with E-state index in [9.17, 15) is 24.3 Å². The second-order valence-electron chi connectivity index (χ2n) is 10.7. The number of halogens is 3. The molecular formula is C35H33Cl3N4O7. The van der Waals surface area contributed by atoms with Gasteiger partial charge in [-0.3, -0.25) is 14.4 Å². The van der Waals surface area contributed by atoms with E-state index in [0.29, 0.717) is 42.1 Å². The number of aromatic hydroxyl groups is 1. The average molecular weight is 728 g/mol. The van der Waals surface area contributed by atoms with Gasteiger partial charge in [-0.15, -0.1) is 0 Å². The van der Waals surface area contributed by atoms with Gasteiger partial charge in [0.25, 0.3) is 17.7 Å². The van der Waals surface area contributed by atoms with Crippen molar-refractivity contribution in [1.82, 2.24) is 10.6 Å². The third kappa shape index (κ3) is 10.3. The Morgan fingerprint density at radius 3 is 2.18 bits per heavy atom. The molecule has 0 spiro atoms. The Morgan fingerprint density at radius 1 is 0.837 bits per heavy atom. The molecule has 4 aromatic rings. The smallest absolute Gasteiger partial charge is 0.328 e. The predicted molar refractivity (Wildman–Crippen MR) is 188 cm³/mol. The van der Waals surface area contributed by atoms with Crippen molar-refractivity contribution >= 4 is 64.2 Å². The molecule has 0 aliphatic rings. The number of carbonyl (C=O) groups excluding carboxylic acids is 4. The Kier molecular flexibility index (Phi) is 13.3. The molecule has 14 heteroatoms. The summed E-state index contributed by atoms with van der Waals surface area (Å²) in [6, 6.07) is 19.1. The number of amides is 3. The van der Waals surface area contributed by atoms with E-state index >= 15 is 0 Å². The third-order valence-electron chi connectivity index (χ3n) is 7.14. The van der Waals surface area contributed by atoms with Gasteiger partial charge in [-0.2, -0.15) is 0 Å². The lowest BCUT2D eigenvalue weighted by Crippen LogP contribution is -2.43. The fraction of sp³-hybridized carbons (Fsp3) is 0.200. The van der Waals surface area contributed by atoms with Gasteiger partial charge in [0, 0.05) is 24.2 Å². The molecule has 3 amide bonds. The molecule has 0 heterocycles. The largest absolute Gasteiger partial charge is 0.508 e. The number of phenols is 1. The molecule has 4 rings (SSSR count). The molecule has 0 unspecified atom stereocenters. The highest BCUT2D eigenvalue weighted by molar-refractivity contribution is 6.40. The van der Waals surface area contributed by atoms with Crippen LogP contribution in [0.1, 0.15) is 48.6 Å². The van der Waals surface area contributed by atoms with E-state index in [0.717, 1.165) is 0 Å². The Bertz CT molecular complexity index is 1810. The lowest BCUT2D eigenvalue weighted by Gasteiger charge is -2.18. The van der Waals surface area contributed by atoms with Crippen LogP contribution in [0.5, 0.6) is 11.5 Å². The predicted octanol–water partition coefficient (Wildman–Crippen LogP) is 5.78. The molecule has 0 saturated heterocycles. The number of hydrogen-bond acceptors (Lipinski definition) is 8. The molecule has 0 fully saturated rings. The Labute approximate surface area is 297 Å². The van der Waals surface area contributed by atoms with E-state index in [1.54, 1.807) is 36.4 Å². The van der Waals surface area contributed by atoms with Crippen LogP contribution in [0, 0.1) is 0 Å². The number of rotatable bonds is 14. The lowest BCUT2D eigenvalue weighted by atomic mass is 10.0. The van der Waals surface area contributed by atoms with Crippen LogP contribution < -0.4 is 26.4 Å². The van der Waals surface area contributed by atoms with Crippen LogP contribution in [0.2, 0.25) is 15.1 Å². The van der Waals surface area contributed by atoms with Crippen LogP contribution in [0.15, 0.2) is 78.9 Å². The molecule has 0 aromatic heterocycles. The summed E-state index contributed by atoms with van der Waals surface area (Å²) in [4.78, 5) is 51.4. The number of nitrogens with two attached hydrogens (primary N) is 1. The number of anilines is 1. The summed E-state index contributed by atoms with van der Waals surface area (Å²) >= 11 is 19.0. The van der Waals surface area contributed by atoms with Gasteiger partial charge in [-0.05, 0) is 78.7 Å². The molecule has 49 heavy (non-hydrogen) atoms. The van der Waals surface area contributed by atoms with Crippen molar-refractivity contribution < 1.29 is 33.8 Å². The van der Waals surface area contributed by atoms with Crippen LogP contribution in [0.25, 0.3) is 0 Å². The summed E-state index contributed by atoms with van der Waals surface area (Å²) in [6.07, 6.45) is 0.706. The van der Waals surface area contributed by atoms with Gasteiger partial charge < -0.3 is 36.3 Å². The zero-order chi connectivity index (χ0) is 35.5. The second kappa shape index (κ2) is 17.5. The van der Waals surface area contributed by atoms with Gasteiger partial charge in [-0.1, -0.05) is 59.1 Å². The quantitative estimate of drug-likeness (QED) is 0.0805. The van der Waals surface area contributed by atoms with Gasteiger partial charge in [0.1, 0.15) is 17.5 Å². The van der Waals surface area contributed by atoms with E-state index in [4.69, 9.17) is 50.0 Å². The SMILES string of the molecule is COC(=O)[C@H](Cc1ccc(NC(=O)c2c(Cl)cc(OCCCN)cc2Cl)cc1)NC(=O)c1ccc(C(=O)NCc2cccc(O)c2)cc1Cl. The number of phenolic OH excluding ortho intramolecular Hbond substituents is 1. The number of esters is 1. The van der Waals surface area contributed by atoms with Gasteiger partial charge in [-0.25, -0.2) is 4.79 Å². The van der Waals surface area contributed by atoms with Crippen molar-refractivity contribution in [2.45, 2.75) is 25.4 Å². The van der Waals surface area contributed by atoms with Crippen molar-refractivity contribution in [2.24, 2.45) is 5.73 Å². The lowest BCUT2D eigenvalue weighted by molar-refractivity contribution is -0.142. The molecule has 4 aromatic carbocycles. The minimum Gasteiger partial charge on any atom is -0.508 e. The van der Waals surface area contributed by atoms with Crippen LogP contribution >= 0.6 is 34.8 Å². The molecule has 256 valence electrons. The van der Waals surface area contributed by atoms with Gasteiger partial charge in [0.2, 0.25) is 0 Å². The highest BCUT2D eigenvalue weighted by atomic mass is 35.5. The molecule has 1 atom stereocenters. The number of methoxy groups -OCH3 is 1. The van der Waals surface area contributed by atoms with Crippen molar-refractivity contribution in [3.63, 3.8) is 0 Å². The van der Waals surface area contributed by atoms with Crippen LogP contribution in [-0.2, 0) is 22.5 Å². The van der Waals surface area contributed by atoms with E-state index < -0.39 is 29.7 Å². The van der Waals surface area contributed by atoms with Crippen molar-refractivity contribution in [2.75, 3.05) is 25.6 Å². The summed E-state index contributed by atoms with van der Waals surface area (Å²) < 4.78 is 10.5. The van der Waals surface area contributed by atoms with Gasteiger partial charge in [0.05, 0.1) is 39.9 Å². The van der Waals surface area contributed by atoms with Crippen LogP contribution in [0.3, 0.4) is 0 Å². The minimum absolute atomic E-state index is 0.000170. The van der Waals surface area contributed by atoms with Crippen LogP contribution in [-0.4, -0.2) is 55.1 Å². The fourth-order valence-electron chi connectivity index (χ4n) is 4.64. The van der Waals surface area contributed by atoms with E-state index in [1.807, 2.05) is 0 Å². The summed E-state index contributed by atoms with van der Waals surface area (Å²) in [5, 5.41) is 17.9. The second-order valence-corrected chi connectivity index (χ2v) is 11.9. The number of carbonyl (C=O) groups is 4. The average Bonchev–Trinajstić information content (AvgIpc) is 3.07. The summed E-state index contributed by atoms with van der Waals surface area (Å²) in [6.45, 7) is 1.02. The number of ether oxygens (including phenoxy) is 2. The zero-order valence-electron chi connectivity index (χ0n) is 26.2. The maximum Gasteiger partial charge on any atom is 0.328 e. The molecule has 0 radical (unpaired) electrons. The molecule has 0 bridgehead atoms.